The largest absolute Gasteiger partial charge is 0.445 e. The van der Waals surface area contributed by atoms with Crippen LogP contribution >= 0.6 is 0 Å². The molecule has 102 valence electrons. The Morgan fingerprint density at radius 3 is 2.42 bits per heavy atom. The number of halogens is 2. The van der Waals surface area contributed by atoms with Crippen LogP contribution in [0.4, 0.5) is 13.6 Å². The summed E-state index contributed by atoms with van der Waals surface area (Å²) in [6, 6.07) is 9.30. The average Bonchev–Trinajstić information content (AvgIpc) is 2.35. The Hall–Kier alpha value is -1.65. The Morgan fingerprint density at radius 1 is 1.21 bits per heavy atom. The van der Waals surface area contributed by atoms with Crippen molar-refractivity contribution in [1.29, 1.82) is 0 Å². The first kappa shape index (κ1) is 12.4. The van der Waals surface area contributed by atoms with Crippen LogP contribution in [-0.2, 0) is 11.3 Å². The van der Waals surface area contributed by atoms with Crippen LogP contribution in [0.2, 0.25) is 0 Å². The number of hydrogen-bond acceptors (Lipinski definition) is 2. The van der Waals surface area contributed by atoms with E-state index in [9.17, 15) is 13.6 Å². The predicted molar refractivity (Wildman–Crippen MR) is 64.8 cm³/mol. The molecule has 1 saturated carbocycles. The van der Waals surface area contributed by atoms with Gasteiger partial charge in [0, 0.05) is 19.5 Å². The molecule has 19 heavy (non-hydrogen) atoms. The molecule has 5 heteroatoms. The molecule has 1 amide bonds. The van der Waals surface area contributed by atoms with Crippen molar-refractivity contribution >= 4 is 6.09 Å². The van der Waals surface area contributed by atoms with Gasteiger partial charge in [-0.05, 0) is 12.0 Å². The van der Waals surface area contributed by atoms with E-state index in [4.69, 9.17) is 4.74 Å². The van der Waals surface area contributed by atoms with Crippen LogP contribution in [0.15, 0.2) is 30.3 Å². The van der Waals surface area contributed by atoms with Gasteiger partial charge in [-0.3, -0.25) is 0 Å². The first-order valence-electron chi connectivity index (χ1n) is 6.36. The van der Waals surface area contributed by atoms with Crippen LogP contribution < -0.4 is 0 Å². The van der Waals surface area contributed by atoms with Gasteiger partial charge in [-0.2, -0.15) is 0 Å². The molecule has 3 rings (SSSR count). The van der Waals surface area contributed by atoms with Crippen LogP contribution in [0.1, 0.15) is 18.4 Å². The van der Waals surface area contributed by atoms with E-state index in [2.05, 4.69) is 0 Å². The summed E-state index contributed by atoms with van der Waals surface area (Å²) in [5.74, 6) is -2.61. The summed E-state index contributed by atoms with van der Waals surface area (Å²) in [7, 11) is 0. The van der Waals surface area contributed by atoms with Crippen LogP contribution in [0.3, 0.4) is 0 Å². The summed E-state index contributed by atoms with van der Waals surface area (Å²) >= 11 is 0. The standard InChI is InChI=1S/C14H15F2NO2/c15-14(16)7-6-13(14)9-17(10-13)12(18)19-8-11-4-2-1-3-5-11/h1-5H,6-10H2. The van der Waals surface area contributed by atoms with E-state index in [1.807, 2.05) is 30.3 Å². The molecule has 1 aliphatic heterocycles. The maximum absolute atomic E-state index is 13.3. The molecule has 2 fully saturated rings. The lowest BCUT2D eigenvalue weighted by molar-refractivity contribution is -0.251. The minimum absolute atomic E-state index is 0.0557. The molecule has 2 aliphatic rings. The van der Waals surface area contributed by atoms with Gasteiger partial charge in [0.05, 0.1) is 5.41 Å². The first-order chi connectivity index (χ1) is 9.02. The molecule has 0 aromatic heterocycles. The lowest BCUT2D eigenvalue weighted by Crippen LogP contribution is -2.70. The van der Waals surface area contributed by atoms with E-state index in [-0.39, 0.29) is 26.1 Å². The summed E-state index contributed by atoms with van der Waals surface area (Å²) in [4.78, 5) is 13.1. The second-order valence-corrected chi connectivity index (χ2v) is 5.38. The fraction of sp³-hybridized carbons (Fsp3) is 0.500. The molecule has 1 aromatic rings. The zero-order valence-corrected chi connectivity index (χ0v) is 10.4. The Labute approximate surface area is 110 Å². The van der Waals surface area contributed by atoms with Gasteiger partial charge in [0.25, 0.3) is 5.92 Å². The van der Waals surface area contributed by atoms with Crippen molar-refractivity contribution in [3.8, 4) is 0 Å². The number of nitrogens with zero attached hydrogens (tertiary/aromatic N) is 1. The third kappa shape index (κ3) is 1.97. The lowest BCUT2D eigenvalue weighted by atomic mass is 9.60. The second kappa shape index (κ2) is 4.18. The van der Waals surface area contributed by atoms with E-state index in [1.165, 1.54) is 4.90 Å². The van der Waals surface area contributed by atoms with Crippen LogP contribution in [0, 0.1) is 5.41 Å². The Kier molecular flexibility index (Phi) is 2.73. The monoisotopic (exact) mass is 267 g/mol. The summed E-state index contributed by atoms with van der Waals surface area (Å²) in [5, 5.41) is 0. The van der Waals surface area contributed by atoms with Crippen molar-refractivity contribution in [2.75, 3.05) is 13.1 Å². The van der Waals surface area contributed by atoms with Gasteiger partial charge in [-0.25, -0.2) is 13.6 Å². The molecule has 1 spiro atoms. The van der Waals surface area contributed by atoms with Crippen molar-refractivity contribution in [3.63, 3.8) is 0 Å². The van der Waals surface area contributed by atoms with E-state index in [0.29, 0.717) is 6.42 Å². The van der Waals surface area contributed by atoms with Gasteiger partial charge in [0.2, 0.25) is 0 Å². The van der Waals surface area contributed by atoms with E-state index in [0.717, 1.165) is 5.56 Å². The Morgan fingerprint density at radius 2 is 1.89 bits per heavy atom. The zero-order valence-electron chi connectivity index (χ0n) is 10.4. The summed E-state index contributed by atoms with van der Waals surface area (Å²) in [6.07, 6.45) is -0.0558. The molecule has 3 nitrogen and oxygen atoms in total. The van der Waals surface area contributed by atoms with Gasteiger partial charge in [-0.1, -0.05) is 30.3 Å². The summed E-state index contributed by atoms with van der Waals surface area (Å²) < 4.78 is 31.8. The number of benzene rings is 1. The number of alkyl halides is 2. The summed E-state index contributed by atoms with van der Waals surface area (Å²) in [6.45, 7) is 0.417. The highest BCUT2D eigenvalue weighted by atomic mass is 19.3. The molecule has 1 heterocycles. The van der Waals surface area contributed by atoms with Crippen LogP contribution in [0.5, 0.6) is 0 Å². The highest BCUT2D eigenvalue weighted by Gasteiger charge is 2.67. The third-order valence-electron chi connectivity index (χ3n) is 4.14. The molecular weight excluding hydrogens is 252 g/mol. The Balaban J connectivity index is 1.49. The average molecular weight is 267 g/mol. The summed E-state index contributed by atoms with van der Waals surface area (Å²) in [5.41, 5.74) is -0.0706. The lowest BCUT2D eigenvalue weighted by Gasteiger charge is -2.59. The van der Waals surface area contributed by atoms with Gasteiger partial charge in [0.15, 0.2) is 0 Å². The number of hydrogen-bond donors (Lipinski definition) is 0. The van der Waals surface area contributed by atoms with Gasteiger partial charge >= 0.3 is 6.09 Å². The molecule has 1 aromatic carbocycles. The topological polar surface area (TPSA) is 29.5 Å². The molecule has 0 unspecified atom stereocenters. The highest BCUT2D eigenvalue weighted by molar-refractivity contribution is 5.69. The second-order valence-electron chi connectivity index (χ2n) is 5.38. The maximum atomic E-state index is 13.3. The van der Waals surface area contributed by atoms with Gasteiger partial charge < -0.3 is 9.64 Å². The molecule has 0 N–H and O–H groups in total. The van der Waals surface area contributed by atoms with Crippen molar-refractivity contribution in [3.05, 3.63) is 35.9 Å². The number of carbonyl (C=O) groups excluding carboxylic acids is 1. The van der Waals surface area contributed by atoms with Crippen molar-refractivity contribution in [2.45, 2.75) is 25.4 Å². The third-order valence-corrected chi connectivity index (χ3v) is 4.14. The van der Waals surface area contributed by atoms with Gasteiger partial charge in [-0.15, -0.1) is 0 Å². The number of carbonyl (C=O) groups is 1. The van der Waals surface area contributed by atoms with Crippen molar-refractivity contribution in [1.82, 2.24) is 4.90 Å². The molecule has 1 saturated heterocycles. The normalized spacial score (nSPS) is 22.5. The fourth-order valence-corrected chi connectivity index (χ4v) is 2.68. The quantitative estimate of drug-likeness (QED) is 0.824. The van der Waals surface area contributed by atoms with Crippen molar-refractivity contribution in [2.24, 2.45) is 5.41 Å². The fourth-order valence-electron chi connectivity index (χ4n) is 2.68. The van der Waals surface area contributed by atoms with E-state index in [1.54, 1.807) is 0 Å². The number of rotatable bonds is 2. The molecule has 0 radical (unpaired) electrons. The smallest absolute Gasteiger partial charge is 0.410 e. The van der Waals surface area contributed by atoms with Crippen LogP contribution in [-0.4, -0.2) is 30.0 Å². The van der Waals surface area contributed by atoms with Gasteiger partial charge in [0.1, 0.15) is 6.61 Å². The SMILES string of the molecule is O=C(OCc1ccccc1)N1CC2(CCC2(F)F)C1. The molecule has 0 atom stereocenters. The number of amides is 1. The minimum Gasteiger partial charge on any atom is -0.445 e. The molecule has 0 bridgehead atoms. The number of likely N-dealkylation sites (tertiary alicyclic amines) is 1. The number of ether oxygens (including phenoxy) is 1. The zero-order chi connectivity index (χ0) is 13.5. The predicted octanol–water partition coefficient (Wildman–Crippen LogP) is 3.05. The first-order valence-corrected chi connectivity index (χ1v) is 6.36. The highest BCUT2D eigenvalue weighted by Crippen LogP contribution is 2.58. The van der Waals surface area contributed by atoms with E-state index >= 15 is 0 Å². The van der Waals surface area contributed by atoms with Crippen molar-refractivity contribution < 1.29 is 18.3 Å². The molecule has 1 aliphatic carbocycles. The molecular formula is C14H15F2NO2. The van der Waals surface area contributed by atoms with E-state index < -0.39 is 17.4 Å². The van der Waals surface area contributed by atoms with Crippen LogP contribution in [0.25, 0.3) is 0 Å². The maximum Gasteiger partial charge on any atom is 0.410 e. The minimum atomic E-state index is -2.61. The Bertz CT molecular complexity index is 483.